The number of anilines is 2. The number of allylic oxidation sites excluding steroid dienone is 1. The average Bonchev–Trinajstić information content (AvgIpc) is 3.54. The van der Waals surface area contributed by atoms with Crippen LogP contribution in [0.5, 0.6) is 0 Å². The van der Waals surface area contributed by atoms with Gasteiger partial charge in [0.1, 0.15) is 0 Å². The van der Waals surface area contributed by atoms with Gasteiger partial charge in [-0.25, -0.2) is 0 Å². The summed E-state index contributed by atoms with van der Waals surface area (Å²) in [5.41, 5.74) is 16.8. The molecule has 0 aliphatic rings. The first-order valence-corrected chi connectivity index (χ1v) is 12.8. The zero-order valence-electron chi connectivity index (χ0n) is 20.5. The van der Waals surface area contributed by atoms with Gasteiger partial charge in [0.15, 0.2) is 0 Å². The zero-order chi connectivity index (χ0) is 25.2. The second-order valence-corrected chi connectivity index (χ2v) is 10.2. The number of benzene rings is 1. The normalized spacial score (nSPS) is 11.2. The second-order valence-electron chi connectivity index (χ2n) is 9.41. The highest BCUT2D eigenvalue weighted by atomic mass is 32.1. The predicted octanol–water partition coefficient (Wildman–Crippen LogP) is 7.97. The molecule has 0 unspecified atom stereocenters. The highest BCUT2D eigenvalue weighted by molar-refractivity contribution is 7.08. The van der Waals surface area contributed by atoms with Crippen LogP contribution in [0.1, 0.15) is 31.5 Å². The molecule has 4 heterocycles. The fraction of sp³-hybridized carbons (Fsp3) is 0.133. The van der Waals surface area contributed by atoms with Crippen molar-refractivity contribution in [3.05, 3.63) is 102 Å². The van der Waals surface area contributed by atoms with Gasteiger partial charge < -0.3 is 16.0 Å². The van der Waals surface area contributed by atoms with Gasteiger partial charge in [-0.2, -0.15) is 11.3 Å². The van der Waals surface area contributed by atoms with Gasteiger partial charge in [-0.05, 0) is 64.6 Å². The molecule has 1 aromatic carbocycles. The van der Waals surface area contributed by atoms with E-state index in [1.807, 2.05) is 36.9 Å². The molecule has 0 fully saturated rings. The van der Waals surface area contributed by atoms with Crippen LogP contribution < -0.4 is 11.1 Å². The highest BCUT2D eigenvalue weighted by Crippen LogP contribution is 2.35. The Balaban J connectivity index is 1.47. The lowest BCUT2D eigenvalue weighted by molar-refractivity contribution is 0.645. The average molecular weight is 492 g/mol. The minimum absolute atomic E-state index is 0.536. The Morgan fingerprint density at radius 1 is 1.00 bits per heavy atom. The Hall–Kier alpha value is -4.16. The molecule has 0 aliphatic heterocycles. The van der Waals surface area contributed by atoms with Crippen molar-refractivity contribution in [2.24, 2.45) is 5.92 Å². The Labute approximate surface area is 215 Å². The Morgan fingerprint density at radius 3 is 2.61 bits per heavy atom. The van der Waals surface area contributed by atoms with Crippen molar-refractivity contribution < 1.29 is 0 Å². The lowest BCUT2D eigenvalue weighted by atomic mass is 9.97. The van der Waals surface area contributed by atoms with Crippen molar-refractivity contribution in [2.45, 2.75) is 20.3 Å². The van der Waals surface area contributed by atoms with Gasteiger partial charge in [0.2, 0.25) is 0 Å². The molecule has 0 atom stereocenters. The number of pyridine rings is 2. The summed E-state index contributed by atoms with van der Waals surface area (Å²) in [5, 5.41) is 8.70. The van der Waals surface area contributed by atoms with Gasteiger partial charge in [-0.15, -0.1) is 0 Å². The van der Waals surface area contributed by atoms with Gasteiger partial charge in [0.05, 0.1) is 23.6 Å². The largest absolute Gasteiger partial charge is 0.398 e. The van der Waals surface area contributed by atoms with Crippen LogP contribution in [0.15, 0.2) is 90.8 Å². The number of fused-ring (bicyclic) bond motifs is 1. The molecule has 4 N–H and O–H groups in total. The fourth-order valence-electron chi connectivity index (χ4n) is 4.42. The molecule has 5 nitrogen and oxygen atoms in total. The first-order chi connectivity index (χ1) is 17.4. The molecule has 0 saturated carbocycles. The minimum atomic E-state index is 0.536. The molecule has 4 aromatic heterocycles. The number of nitrogens with one attached hydrogen (secondary N) is 2. The maximum atomic E-state index is 6.42. The third-order valence-corrected chi connectivity index (χ3v) is 6.81. The number of H-pyrrole nitrogens is 1. The summed E-state index contributed by atoms with van der Waals surface area (Å²) in [7, 11) is 0. The lowest BCUT2D eigenvalue weighted by Crippen LogP contribution is -2.02. The van der Waals surface area contributed by atoms with E-state index in [9.17, 15) is 0 Å². The zero-order valence-corrected chi connectivity index (χ0v) is 21.3. The molecule has 6 heteroatoms. The van der Waals surface area contributed by atoms with Crippen molar-refractivity contribution in [2.75, 3.05) is 11.1 Å². The van der Waals surface area contributed by atoms with Crippen molar-refractivity contribution in [3.8, 4) is 22.3 Å². The highest BCUT2D eigenvalue weighted by Gasteiger charge is 2.14. The summed E-state index contributed by atoms with van der Waals surface area (Å²) < 4.78 is 0. The summed E-state index contributed by atoms with van der Waals surface area (Å²) in [4.78, 5) is 12.4. The Bertz CT molecular complexity index is 1560. The van der Waals surface area contributed by atoms with Gasteiger partial charge in [0, 0.05) is 57.1 Å². The second kappa shape index (κ2) is 9.84. The minimum Gasteiger partial charge on any atom is -0.398 e. The van der Waals surface area contributed by atoms with E-state index < -0.39 is 0 Å². The van der Waals surface area contributed by atoms with E-state index in [1.165, 1.54) is 0 Å². The van der Waals surface area contributed by atoms with Crippen LogP contribution in [-0.4, -0.2) is 15.0 Å². The van der Waals surface area contributed by atoms with Crippen molar-refractivity contribution in [1.82, 2.24) is 15.0 Å². The van der Waals surface area contributed by atoms with Crippen LogP contribution in [0, 0.1) is 5.92 Å². The summed E-state index contributed by atoms with van der Waals surface area (Å²) in [6.45, 7) is 12.9. The van der Waals surface area contributed by atoms with E-state index in [0.29, 0.717) is 11.6 Å². The first-order valence-electron chi connectivity index (χ1n) is 11.9. The molecule has 0 saturated heterocycles. The van der Waals surface area contributed by atoms with Crippen LogP contribution in [0.3, 0.4) is 0 Å². The van der Waals surface area contributed by atoms with Gasteiger partial charge >= 0.3 is 0 Å². The maximum Gasteiger partial charge on any atom is 0.0651 e. The number of aromatic nitrogens is 3. The van der Waals surface area contributed by atoms with Gasteiger partial charge in [-0.3, -0.25) is 9.97 Å². The third kappa shape index (κ3) is 4.81. The number of rotatable bonds is 8. The van der Waals surface area contributed by atoms with Crippen LogP contribution in [0.4, 0.5) is 11.4 Å². The molecule has 5 aromatic rings. The molecule has 0 spiro atoms. The number of nitrogens with two attached hydrogens (primary N) is 1. The molecular weight excluding hydrogens is 462 g/mol. The molecule has 36 heavy (non-hydrogen) atoms. The Kier molecular flexibility index (Phi) is 6.44. The SMILES string of the molecule is C=C(CC(C)C)Nc1cncc(-c2ccc(N)c(C(=C)c3cc4c(-c5ccsc5)cncc4[nH]3)c2)c1. The van der Waals surface area contributed by atoms with E-state index in [-0.39, 0.29) is 0 Å². The van der Waals surface area contributed by atoms with Crippen molar-refractivity contribution in [1.29, 1.82) is 0 Å². The smallest absolute Gasteiger partial charge is 0.0651 e. The van der Waals surface area contributed by atoms with Crippen molar-refractivity contribution >= 4 is 39.2 Å². The van der Waals surface area contributed by atoms with Crippen LogP contribution >= 0.6 is 11.3 Å². The Morgan fingerprint density at radius 2 is 1.83 bits per heavy atom. The lowest BCUT2D eigenvalue weighted by Gasteiger charge is -2.14. The first kappa shape index (κ1) is 23.6. The molecule has 5 rings (SSSR count). The topological polar surface area (TPSA) is 79.6 Å². The van der Waals surface area contributed by atoms with Crippen LogP contribution in [-0.2, 0) is 0 Å². The number of nitrogens with zero attached hydrogens (tertiary/aromatic N) is 2. The number of hydrogen-bond donors (Lipinski definition) is 3. The van der Waals surface area contributed by atoms with E-state index in [1.54, 1.807) is 11.3 Å². The summed E-state index contributed by atoms with van der Waals surface area (Å²) >= 11 is 1.67. The molecular formula is C30H29N5S. The van der Waals surface area contributed by atoms with E-state index in [4.69, 9.17) is 5.73 Å². The van der Waals surface area contributed by atoms with E-state index in [0.717, 1.165) is 67.8 Å². The summed E-state index contributed by atoms with van der Waals surface area (Å²) in [6, 6.07) is 12.3. The predicted molar refractivity (Wildman–Crippen MR) is 154 cm³/mol. The summed E-state index contributed by atoms with van der Waals surface area (Å²) in [5.74, 6) is 0.536. The van der Waals surface area contributed by atoms with Crippen molar-refractivity contribution in [3.63, 3.8) is 0 Å². The molecule has 0 bridgehead atoms. The maximum absolute atomic E-state index is 6.42. The standard InChI is InChI=1S/C30H29N5S/c1-18(2)9-19(3)34-24-10-23(13-32-14-24)21-5-6-28(31)25(11-21)20(4)29-12-26-27(22-7-8-36-17-22)15-33-16-30(26)35-29/h5-8,10-18,34-35H,3-4,9,31H2,1-2H3. The third-order valence-electron chi connectivity index (χ3n) is 6.13. The number of nitrogen functional groups attached to an aromatic ring is 1. The van der Waals surface area contributed by atoms with Crippen LogP contribution in [0.2, 0.25) is 0 Å². The van der Waals surface area contributed by atoms with Gasteiger partial charge in [-0.1, -0.05) is 33.1 Å². The summed E-state index contributed by atoms with van der Waals surface area (Å²) in [6.07, 6.45) is 8.33. The number of thiophene rings is 1. The molecule has 180 valence electrons. The van der Waals surface area contributed by atoms with E-state index in [2.05, 4.69) is 82.3 Å². The van der Waals surface area contributed by atoms with Gasteiger partial charge in [0.25, 0.3) is 0 Å². The number of aromatic amines is 1. The molecule has 0 aliphatic carbocycles. The quantitative estimate of drug-likeness (QED) is 0.192. The monoisotopic (exact) mass is 491 g/mol. The van der Waals surface area contributed by atoms with E-state index >= 15 is 0 Å². The fourth-order valence-corrected chi connectivity index (χ4v) is 5.07. The number of hydrogen-bond acceptors (Lipinski definition) is 5. The molecule has 0 radical (unpaired) electrons. The molecule has 0 amide bonds. The van der Waals surface area contributed by atoms with Crippen LogP contribution in [0.25, 0.3) is 38.7 Å².